The van der Waals surface area contributed by atoms with Crippen LogP contribution >= 0.6 is 0 Å². The lowest BCUT2D eigenvalue weighted by atomic mass is 10.2. The van der Waals surface area contributed by atoms with Gasteiger partial charge in [-0.05, 0) is 19.5 Å². The minimum atomic E-state index is -0.150. The molecular formula is C13H21N5O. The quantitative estimate of drug-likeness (QED) is 0.854. The predicted molar refractivity (Wildman–Crippen MR) is 73.8 cm³/mol. The maximum Gasteiger partial charge on any atom is 0.243 e. The van der Waals surface area contributed by atoms with Crippen molar-refractivity contribution < 1.29 is 4.79 Å². The Bertz CT molecular complexity index is 403. The Kier molecular flexibility index (Phi) is 4.81. The van der Waals surface area contributed by atoms with E-state index < -0.39 is 0 Å². The summed E-state index contributed by atoms with van der Waals surface area (Å²) in [6.07, 6.45) is 3.24. The molecule has 0 radical (unpaired) electrons. The first-order valence-corrected chi connectivity index (χ1v) is 6.75. The Morgan fingerprint density at radius 2 is 1.95 bits per heavy atom. The van der Waals surface area contributed by atoms with Crippen molar-refractivity contribution in [2.24, 2.45) is 0 Å². The van der Waals surface area contributed by atoms with Crippen LogP contribution in [-0.2, 0) is 4.79 Å². The van der Waals surface area contributed by atoms with Gasteiger partial charge in [-0.15, -0.1) is 0 Å². The van der Waals surface area contributed by atoms with Gasteiger partial charge in [0.15, 0.2) is 0 Å². The van der Waals surface area contributed by atoms with E-state index in [2.05, 4.69) is 32.0 Å². The molecule has 6 heteroatoms. The number of aromatic nitrogens is 2. The highest BCUT2D eigenvalue weighted by Crippen LogP contribution is 2.07. The Balaban J connectivity index is 1.86. The van der Waals surface area contributed by atoms with Gasteiger partial charge < -0.3 is 4.90 Å². The number of nitrogens with one attached hydrogen (secondary N) is 1. The Morgan fingerprint density at radius 3 is 2.53 bits per heavy atom. The van der Waals surface area contributed by atoms with Crippen molar-refractivity contribution in [1.29, 1.82) is 0 Å². The molecule has 1 saturated heterocycles. The zero-order valence-electron chi connectivity index (χ0n) is 11.5. The van der Waals surface area contributed by atoms with Crippen LogP contribution in [-0.4, -0.2) is 64.4 Å². The lowest BCUT2D eigenvalue weighted by Crippen LogP contribution is -2.52. The van der Waals surface area contributed by atoms with Crippen LogP contribution in [0.2, 0.25) is 0 Å². The number of nitrogens with zero attached hydrogens (tertiary/aromatic N) is 4. The monoisotopic (exact) mass is 263 g/mol. The smallest absolute Gasteiger partial charge is 0.243 e. The van der Waals surface area contributed by atoms with E-state index in [9.17, 15) is 4.79 Å². The fourth-order valence-corrected chi connectivity index (χ4v) is 2.21. The average Bonchev–Trinajstić information content (AvgIpc) is 2.47. The number of anilines is 1. The van der Waals surface area contributed by atoms with E-state index in [0.29, 0.717) is 5.95 Å². The Hall–Kier alpha value is -1.53. The lowest BCUT2D eigenvalue weighted by Gasteiger charge is -2.36. The van der Waals surface area contributed by atoms with Crippen molar-refractivity contribution in [1.82, 2.24) is 19.8 Å². The van der Waals surface area contributed by atoms with Crippen LogP contribution in [0.3, 0.4) is 0 Å². The van der Waals surface area contributed by atoms with Gasteiger partial charge in [0.05, 0.1) is 6.04 Å². The Morgan fingerprint density at radius 1 is 1.32 bits per heavy atom. The first kappa shape index (κ1) is 13.9. The second kappa shape index (κ2) is 6.58. The average molecular weight is 263 g/mol. The van der Waals surface area contributed by atoms with Gasteiger partial charge in [-0.25, -0.2) is 9.97 Å². The molecule has 6 nitrogen and oxygen atoms in total. The summed E-state index contributed by atoms with van der Waals surface area (Å²) in [5.41, 5.74) is 0. The summed E-state index contributed by atoms with van der Waals surface area (Å²) in [7, 11) is 0. The van der Waals surface area contributed by atoms with E-state index in [0.717, 1.165) is 32.7 Å². The van der Waals surface area contributed by atoms with Crippen LogP contribution < -0.4 is 5.32 Å². The number of likely N-dealkylation sites (N-methyl/N-ethyl adjacent to an activating group) is 1. The molecule has 1 N–H and O–H groups in total. The molecule has 1 unspecified atom stereocenters. The van der Waals surface area contributed by atoms with E-state index in [4.69, 9.17) is 0 Å². The van der Waals surface area contributed by atoms with Gasteiger partial charge in [-0.2, -0.15) is 0 Å². The van der Waals surface area contributed by atoms with Crippen LogP contribution in [0.1, 0.15) is 13.8 Å². The third-order valence-electron chi connectivity index (χ3n) is 3.58. The molecule has 1 amide bonds. The molecule has 0 spiro atoms. The van der Waals surface area contributed by atoms with E-state index in [1.807, 2.05) is 6.92 Å². The minimum absolute atomic E-state index is 0.0452. The second-order valence-electron chi connectivity index (χ2n) is 4.71. The van der Waals surface area contributed by atoms with Gasteiger partial charge in [-0.3, -0.25) is 15.0 Å². The fraction of sp³-hybridized carbons (Fsp3) is 0.615. The molecule has 1 atom stereocenters. The first-order valence-electron chi connectivity index (χ1n) is 6.75. The van der Waals surface area contributed by atoms with Gasteiger partial charge in [0, 0.05) is 38.6 Å². The molecular weight excluding hydrogens is 242 g/mol. The molecule has 0 aliphatic carbocycles. The molecule has 0 saturated carbocycles. The Labute approximate surface area is 113 Å². The topological polar surface area (TPSA) is 61.4 Å². The molecule has 1 aliphatic rings. The lowest BCUT2D eigenvalue weighted by molar-refractivity contribution is -0.121. The van der Waals surface area contributed by atoms with Gasteiger partial charge in [0.1, 0.15) is 0 Å². The number of rotatable bonds is 4. The molecule has 1 fully saturated rings. The highest BCUT2D eigenvalue weighted by atomic mass is 16.2. The van der Waals surface area contributed by atoms with Gasteiger partial charge in [0.25, 0.3) is 0 Å². The van der Waals surface area contributed by atoms with Crippen molar-refractivity contribution in [3.8, 4) is 0 Å². The van der Waals surface area contributed by atoms with Crippen molar-refractivity contribution in [2.75, 3.05) is 38.0 Å². The fourth-order valence-electron chi connectivity index (χ4n) is 2.21. The third kappa shape index (κ3) is 3.71. The standard InChI is InChI=1S/C13H21N5O/c1-3-17-7-9-18(10-8-17)11(2)12(19)16-13-14-5-4-6-15-13/h4-6,11H,3,7-10H2,1-2H3,(H,14,15,16,19). The summed E-state index contributed by atoms with van der Waals surface area (Å²) >= 11 is 0. The number of hydrogen-bond acceptors (Lipinski definition) is 5. The molecule has 104 valence electrons. The maximum atomic E-state index is 12.1. The van der Waals surface area contributed by atoms with E-state index in [1.54, 1.807) is 18.5 Å². The maximum absolute atomic E-state index is 12.1. The molecule has 2 rings (SSSR count). The number of piperazine rings is 1. The molecule has 19 heavy (non-hydrogen) atoms. The van der Waals surface area contributed by atoms with Crippen LogP contribution in [0, 0.1) is 0 Å². The van der Waals surface area contributed by atoms with E-state index >= 15 is 0 Å². The van der Waals surface area contributed by atoms with Crippen molar-refractivity contribution in [2.45, 2.75) is 19.9 Å². The van der Waals surface area contributed by atoms with Gasteiger partial charge in [-0.1, -0.05) is 6.92 Å². The first-order chi connectivity index (χ1) is 9.20. The van der Waals surface area contributed by atoms with E-state index in [-0.39, 0.29) is 11.9 Å². The van der Waals surface area contributed by atoms with Crippen LogP contribution in [0.25, 0.3) is 0 Å². The number of amides is 1. The predicted octanol–water partition coefficient (Wildman–Crippen LogP) is 0.441. The van der Waals surface area contributed by atoms with Gasteiger partial charge in [0.2, 0.25) is 11.9 Å². The summed E-state index contributed by atoms with van der Waals surface area (Å²) in [5, 5.41) is 2.75. The third-order valence-corrected chi connectivity index (χ3v) is 3.58. The zero-order valence-corrected chi connectivity index (χ0v) is 11.5. The molecule has 0 bridgehead atoms. The second-order valence-corrected chi connectivity index (χ2v) is 4.71. The SMILES string of the molecule is CCN1CCN(C(C)C(=O)Nc2ncccn2)CC1. The molecule has 0 aromatic carbocycles. The summed E-state index contributed by atoms with van der Waals surface area (Å²) in [4.78, 5) is 24.7. The minimum Gasteiger partial charge on any atom is -0.301 e. The number of hydrogen-bond donors (Lipinski definition) is 1. The van der Waals surface area contributed by atoms with Crippen LogP contribution in [0.5, 0.6) is 0 Å². The largest absolute Gasteiger partial charge is 0.301 e. The number of carbonyl (C=O) groups is 1. The number of carbonyl (C=O) groups excluding carboxylic acids is 1. The van der Waals surface area contributed by atoms with Crippen molar-refractivity contribution >= 4 is 11.9 Å². The normalized spacial score (nSPS) is 19.1. The summed E-state index contributed by atoms with van der Waals surface area (Å²) in [6.45, 7) is 9.08. The molecule has 1 aromatic rings. The molecule has 1 aliphatic heterocycles. The van der Waals surface area contributed by atoms with Crippen LogP contribution in [0.4, 0.5) is 5.95 Å². The van der Waals surface area contributed by atoms with Gasteiger partial charge >= 0.3 is 0 Å². The highest BCUT2D eigenvalue weighted by Gasteiger charge is 2.25. The summed E-state index contributed by atoms with van der Waals surface area (Å²) in [5.74, 6) is 0.322. The summed E-state index contributed by atoms with van der Waals surface area (Å²) < 4.78 is 0. The van der Waals surface area contributed by atoms with Crippen molar-refractivity contribution in [3.63, 3.8) is 0 Å². The highest BCUT2D eigenvalue weighted by molar-refractivity contribution is 5.93. The molecule has 2 heterocycles. The van der Waals surface area contributed by atoms with E-state index in [1.165, 1.54) is 0 Å². The van der Waals surface area contributed by atoms with Crippen LogP contribution in [0.15, 0.2) is 18.5 Å². The van der Waals surface area contributed by atoms with Crippen molar-refractivity contribution in [3.05, 3.63) is 18.5 Å². The summed E-state index contributed by atoms with van der Waals surface area (Å²) in [6, 6.07) is 1.58. The molecule has 1 aromatic heterocycles. The zero-order chi connectivity index (χ0) is 13.7.